The molecule has 182 valence electrons. The molecule has 0 atom stereocenters. The quantitative estimate of drug-likeness (QED) is 0.363. The zero-order valence-corrected chi connectivity index (χ0v) is 20.6. The van der Waals surface area contributed by atoms with Crippen LogP contribution in [0.5, 0.6) is 0 Å². The van der Waals surface area contributed by atoms with E-state index in [1.165, 1.54) is 0 Å². The standard InChI is InChI=1S/C26H29N5O3S/c1-2-3-14-22-27-25(23-24(29-34-26(23)28-22)21-12-8-5-9-13-21)30-15-17-31(18-16-30)35(32,33)19-20-10-6-4-7-11-20/h4-13H,2-3,14-19H2,1H3. The lowest BCUT2D eigenvalue weighted by Gasteiger charge is -2.35. The predicted molar refractivity (Wildman–Crippen MR) is 136 cm³/mol. The lowest BCUT2D eigenvalue weighted by atomic mass is 10.1. The number of nitrogens with zero attached hydrogens (tertiary/aromatic N) is 5. The van der Waals surface area contributed by atoms with Gasteiger partial charge in [-0.15, -0.1) is 0 Å². The lowest BCUT2D eigenvalue weighted by Crippen LogP contribution is -2.49. The molecule has 1 fully saturated rings. The third-order valence-corrected chi connectivity index (χ3v) is 8.14. The van der Waals surface area contributed by atoms with E-state index >= 15 is 0 Å². The summed E-state index contributed by atoms with van der Waals surface area (Å²) >= 11 is 0. The van der Waals surface area contributed by atoms with Crippen LogP contribution in [0.15, 0.2) is 65.2 Å². The Kier molecular flexibility index (Phi) is 6.79. The van der Waals surface area contributed by atoms with Crippen molar-refractivity contribution in [2.75, 3.05) is 31.1 Å². The summed E-state index contributed by atoms with van der Waals surface area (Å²) in [5, 5.41) is 5.11. The molecule has 0 spiro atoms. The second-order valence-electron chi connectivity index (χ2n) is 8.77. The molecule has 35 heavy (non-hydrogen) atoms. The molecule has 1 aliphatic rings. The van der Waals surface area contributed by atoms with Crippen LogP contribution < -0.4 is 4.90 Å². The number of hydrogen-bond donors (Lipinski definition) is 0. The van der Waals surface area contributed by atoms with Gasteiger partial charge >= 0.3 is 0 Å². The van der Waals surface area contributed by atoms with E-state index in [4.69, 9.17) is 9.51 Å². The van der Waals surface area contributed by atoms with Gasteiger partial charge in [0.1, 0.15) is 22.7 Å². The van der Waals surface area contributed by atoms with Gasteiger partial charge in [0.2, 0.25) is 10.0 Å². The number of aryl methyl sites for hydroxylation is 1. The number of piperazine rings is 1. The van der Waals surface area contributed by atoms with Crippen LogP contribution in [0.25, 0.3) is 22.4 Å². The topological polar surface area (TPSA) is 92.4 Å². The van der Waals surface area contributed by atoms with Gasteiger partial charge in [-0.05, 0) is 12.0 Å². The molecular weight excluding hydrogens is 462 g/mol. The summed E-state index contributed by atoms with van der Waals surface area (Å²) in [6.07, 6.45) is 2.78. The number of fused-ring (bicyclic) bond motifs is 1. The number of benzene rings is 2. The minimum atomic E-state index is -3.40. The van der Waals surface area contributed by atoms with Crippen molar-refractivity contribution in [3.05, 3.63) is 72.1 Å². The second kappa shape index (κ2) is 10.1. The van der Waals surface area contributed by atoms with Gasteiger partial charge in [-0.2, -0.15) is 9.29 Å². The maximum atomic E-state index is 13.0. The maximum absolute atomic E-state index is 13.0. The average molecular weight is 492 g/mol. The highest BCUT2D eigenvalue weighted by Gasteiger charge is 2.30. The Labute approximate surface area is 205 Å². The summed E-state index contributed by atoms with van der Waals surface area (Å²) in [6, 6.07) is 19.2. The number of sulfonamides is 1. The lowest BCUT2D eigenvalue weighted by molar-refractivity contribution is 0.383. The smallest absolute Gasteiger partial charge is 0.263 e. The molecule has 0 radical (unpaired) electrons. The normalized spacial score (nSPS) is 15.1. The van der Waals surface area contributed by atoms with E-state index < -0.39 is 10.0 Å². The van der Waals surface area contributed by atoms with E-state index in [9.17, 15) is 8.42 Å². The van der Waals surface area contributed by atoms with Crippen molar-refractivity contribution in [1.82, 2.24) is 19.4 Å². The Morgan fingerprint density at radius 1 is 0.914 bits per heavy atom. The monoisotopic (exact) mass is 491 g/mol. The Morgan fingerprint density at radius 2 is 1.60 bits per heavy atom. The molecule has 0 N–H and O–H groups in total. The third-order valence-electron chi connectivity index (χ3n) is 6.29. The van der Waals surface area contributed by atoms with E-state index in [0.717, 1.165) is 47.4 Å². The molecule has 0 amide bonds. The van der Waals surface area contributed by atoms with E-state index in [1.54, 1.807) is 4.31 Å². The van der Waals surface area contributed by atoms with Crippen LogP contribution in [0.4, 0.5) is 5.82 Å². The number of unbranched alkanes of at least 4 members (excludes halogenated alkanes) is 1. The van der Waals surface area contributed by atoms with Crippen LogP contribution in [0.1, 0.15) is 31.2 Å². The first kappa shape index (κ1) is 23.4. The Balaban J connectivity index is 1.43. The highest BCUT2D eigenvalue weighted by Crippen LogP contribution is 2.34. The van der Waals surface area contributed by atoms with Crippen molar-refractivity contribution in [1.29, 1.82) is 0 Å². The van der Waals surface area contributed by atoms with Gasteiger partial charge in [-0.3, -0.25) is 0 Å². The van der Waals surface area contributed by atoms with Gasteiger partial charge in [0.05, 0.1) is 5.75 Å². The van der Waals surface area contributed by atoms with Crippen molar-refractivity contribution >= 4 is 26.9 Å². The van der Waals surface area contributed by atoms with Gasteiger partial charge in [0.15, 0.2) is 0 Å². The number of anilines is 1. The predicted octanol–water partition coefficient (Wildman–Crippen LogP) is 4.28. The van der Waals surface area contributed by atoms with Crippen LogP contribution in [0, 0.1) is 0 Å². The number of aromatic nitrogens is 3. The molecule has 9 heteroatoms. The molecular formula is C26H29N5O3S. The van der Waals surface area contributed by atoms with Gasteiger partial charge < -0.3 is 9.42 Å². The van der Waals surface area contributed by atoms with E-state index in [2.05, 4.69) is 22.0 Å². The summed E-state index contributed by atoms with van der Waals surface area (Å²) in [5.41, 5.74) is 2.90. The second-order valence-corrected chi connectivity index (χ2v) is 10.7. The van der Waals surface area contributed by atoms with Crippen LogP contribution in [0.2, 0.25) is 0 Å². The fraction of sp³-hybridized carbons (Fsp3) is 0.346. The molecule has 3 heterocycles. The molecule has 0 bridgehead atoms. The molecule has 8 nitrogen and oxygen atoms in total. The SMILES string of the molecule is CCCCc1nc(N2CCN(S(=O)(=O)Cc3ccccc3)CC2)c2c(-c3ccccc3)noc2n1. The van der Waals surface area contributed by atoms with Crippen molar-refractivity contribution in [2.24, 2.45) is 0 Å². The number of hydrogen-bond acceptors (Lipinski definition) is 7. The van der Waals surface area contributed by atoms with E-state index in [0.29, 0.717) is 37.6 Å². The Bertz CT molecular complexity index is 1380. The Morgan fingerprint density at radius 3 is 2.29 bits per heavy atom. The first-order valence-corrected chi connectivity index (χ1v) is 13.6. The zero-order chi connectivity index (χ0) is 24.3. The summed E-state index contributed by atoms with van der Waals surface area (Å²) in [7, 11) is -3.40. The van der Waals surface area contributed by atoms with Crippen LogP contribution in [-0.2, 0) is 22.2 Å². The van der Waals surface area contributed by atoms with Gasteiger partial charge in [-0.25, -0.2) is 13.4 Å². The molecule has 1 aliphatic heterocycles. The molecule has 2 aromatic carbocycles. The fourth-order valence-corrected chi connectivity index (χ4v) is 5.92. The zero-order valence-electron chi connectivity index (χ0n) is 19.8. The minimum absolute atomic E-state index is 0.0105. The Hall–Kier alpha value is -3.30. The van der Waals surface area contributed by atoms with Gasteiger partial charge in [0, 0.05) is 38.2 Å². The largest absolute Gasteiger partial charge is 0.353 e. The average Bonchev–Trinajstić information content (AvgIpc) is 3.32. The van der Waals surface area contributed by atoms with E-state index in [-0.39, 0.29) is 5.75 Å². The summed E-state index contributed by atoms with van der Waals surface area (Å²) in [6.45, 7) is 4.00. The highest BCUT2D eigenvalue weighted by molar-refractivity contribution is 7.88. The van der Waals surface area contributed by atoms with Crippen molar-refractivity contribution in [2.45, 2.75) is 31.9 Å². The molecule has 0 unspecified atom stereocenters. The minimum Gasteiger partial charge on any atom is -0.353 e. The molecule has 4 aromatic rings. The summed E-state index contributed by atoms with van der Waals surface area (Å²) in [4.78, 5) is 11.7. The van der Waals surface area contributed by atoms with Crippen molar-refractivity contribution in [3.63, 3.8) is 0 Å². The summed E-state index contributed by atoms with van der Waals surface area (Å²) in [5.74, 6) is 1.50. The first-order valence-electron chi connectivity index (χ1n) is 12.0. The first-order chi connectivity index (χ1) is 17.0. The fourth-order valence-electron chi connectivity index (χ4n) is 4.40. The van der Waals surface area contributed by atoms with Crippen LogP contribution >= 0.6 is 0 Å². The maximum Gasteiger partial charge on any atom is 0.263 e. The molecule has 1 saturated heterocycles. The summed E-state index contributed by atoms with van der Waals surface area (Å²) < 4.78 is 33.3. The van der Waals surface area contributed by atoms with Crippen molar-refractivity contribution in [3.8, 4) is 11.3 Å². The van der Waals surface area contributed by atoms with E-state index in [1.807, 2.05) is 60.7 Å². The number of rotatable bonds is 8. The molecule has 2 aromatic heterocycles. The van der Waals surface area contributed by atoms with Gasteiger partial charge in [0.25, 0.3) is 5.71 Å². The van der Waals surface area contributed by atoms with Crippen molar-refractivity contribution < 1.29 is 12.9 Å². The van der Waals surface area contributed by atoms with Crippen LogP contribution in [0.3, 0.4) is 0 Å². The molecule has 0 aliphatic carbocycles. The molecule has 0 saturated carbocycles. The van der Waals surface area contributed by atoms with Gasteiger partial charge in [-0.1, -0.05) is 79.2 Å². The molecule has 5 rings (SSSR count). The van der Waals surface area contributed by atoms with Crippen LogP contribution in [-0.4, -0.2) is 54.0 Å². The highest BCUT2D eigenvalue weighted by atomic mass is 32.2. The third kappa shape index (κ3) is 5.06.